The Morgan fingerprint density at radius 1 is 1.00 bits per heavy atom. The lowest BCUT2D eigenvalue weighted by Gasteiger charge is -2.25. The maximum Gasteiger partial charge on any atom is 0.319 e. The smallest absolute Gasteiger partial charge is 0.319 e. The van der Waals surface area contributed by atoms with E-state index >= 15 is 0 Å². The summed E-state index contributed by atoms with van der Waals surface area (Å²) in [4.78, 5) is 28.4. The van der Waals surface area contributed by atoms with Crippen molar-refractivity contribution in [2.45, 2.75) is 19.8 Å². The topological polar surface area (TPSA) is 70.5 Å². The SMILES string of the molecule is CCCCN(CC(=O)Nc1cc(-c2ccccc2)nn1-c1ccccc1)C(=O)N(C)C. The van der Waals surface area contributed by atoms with E-state index in [0.29, 0.717) is 12.4 Å². The van der Waals surface area contributed by atoms with Crippen LogP contribution in [-0.4, -0.2) is 58.7 Å². The number of para-hydroxylation sites is 1. The molecule has 0 unspecified atom stereocenters. The second kappa shape index (κ2) is 10.4. The lowest BCUT2D eigenvalue weighted by molar-refractivity contribution is -0.116. The Morgan fingerprint density at radius 3 is 2.26 bits per heavy atom. The molecule has 1 N–H and O–H groups in total. The molecule has 3 rings (SSSR count). The van der Waals surface area contributed by atoms with E-state index in [1.54, 1.807) is 23.7 Å². The van der Waals surface area contributed by atoms with E-state index in [2.05, 4.69) is 12.2 Å². The van der Waals surface area contributed by atoms with Gasteiger partial charge in [0.15, 0.2) is 0 Å². The summed E-state index contributed by atoms with van der Waals surface area (Å²) >= 11 is 0. The van der Waals surface area contributed by atoms with Gasteiger partial charge in [0.2, 0.25) is 5.91 Å². The molecule has 0 atom stereocenters. The van der Waals surface area contributed by atoms with Crippen molar-refractivity contribution in [2.24, 2.45) is 0 Å². The first kappa shape index (κ1) is 22.1. The average molecular weight is 420 g/mol. The molecule has 0 radical (unpaired) electrons. The van der Waals surface area contributed by atoms with Gasteiger partial charge in [-0.25, -0.2) is 9.48 Å². The highest BCUT2D eigenvalue weighted by Crippen LogP contribution is 2.24. The lowest BCUT2D eigenvalue weighted by Crippen LogP contribution is -2.44. The molecule has 0 aliphatic carbocycles. The first-order valence-electron chi connectivity index (χ1n) is 10.5. The van der Waals surface area contributed by atoms with E-state index < -0.39 is 0 Å². The zero-order valence-corrected chi connectivity index (χ0v) is 18.3. The van der Waals surface area contributed by atoms with Gasteiger partial charge in [0.05, 0.1) is 11.4 Å². The number of anilines is 1. The van der Waals surface area contributed by atoms with Crippen molar-refractivity contribution in [3.8, 4) is 16.9 Å². The fraction of sp³-hybridized carbons (Fsp3) is 0.292. The van der Waals surface area contributed by atoms with Crippen LogP contribution >= 0.6 is 0 Å². The molecule has 1 aromatic heterocycles. The first-order valence-corrected chi connectivity index (χ1v) is 10.5. The molecule has 7 nitrogen and oxygen atoms in total. The third-order valence-corrected chi connectivity index (χ3v) is 4.82. The minimum Gasteiger partial charge on any atom is -0.331 e. The molecule has 0 fully saturated rings. The fourth-order valence-corrected chi connectivity index (χ4v) is 3.22. The summed E-state index contributed by atoms with van der Waals surface area (Å²) in [6, 6.07) is 21.1. The largest absolute Gasteiger partial charge is 0.331 e. The lowest BCUT2D eigenvalue weighted by atomic mass is 10.1. The van der Waals surface area contributed by atoms with Crippen LogP contribution in [0.1, 0.15) is 19.8 Å². The van der Waals surface area contributed by atoms with Gasteiger partial charge >= 0.3 is 6.03 Å². The van der Waals surface area contributed by atoms with Gasteiger partial charge in [0.25, 0.3) is 0 Å². The van der Waals surface area contributed by atoms with E-state index in [1.807, 2.05) is 66.7 Å². The molecule has 1 heterocycles. The van der Waals surface area contributed by atoms with Gasteiger partial charge in [0, 0.05) is 32.3 Å². The number of urea groups is 1. The molecule has 3 aromatic rings. The Morgan fingerprint density at radius 2 is 1.65 bits per heavy atom. The molecule has 162 valence electrons. The predicted molar refractivity (Wildman–Crippen MR) is 123 cm³/mol. The van der Waals surface area contributed by atoms with Gasteiger partial charge in [-0.15, -0.1) is 0 Å². The second-order valence-corrected chi connectivity index (χ2v) is 7.53. The summed E-state index contributed by atoms with van der Waals surface area (Å²) < 4.78 is 1.71. The van der Waals surface area contributed by atoms with Crippen molar-refractivity contribution < 1.29 is 9.59 Å². The Balaban J connectivity index is 1.86. The summed E-state index contributed by atoms with van der Waals surface area (Å²) in [7, 11) is 3.38. The number of nitrogens with zero attached hydrogens (tertiary/aromatic N) is 4. The predicted octanol–water partition coefficient (Wildman–Crippen LogP) is 4.26. The van der Waals surface area contributed by atoms with Gasteiger partial charge < -0.3 is 15.1 Å². The average Bonchev–Trinajstić information content (AvgIpc) is 3.20. The van der Waals surface area contributed by atoms with Crippen molar-refractivity contribution in [1.29, 1.82) is 0 Å². The number of nitrogens with one attached hydrogen (secondary N) is 1. The summed E-state index contributed by atoms with van der Waals surface area (Å²) in [6.07, 6.45) is 1.78. The van der Waals surface area contributed by atoms with Crippen molar-refractivity contribution in [3.05, 3.63) is 66.7 Å². The number of amides is 3. The van der Waals surface area contributed by atoms with E-state index in [4.69, 9.17) is 5.10 Å². The van der Waals surface area contributed by atoms with Crippen LogP contribution in [0.2, 0.25) is 0 Å². The van der Waals surface area contributed by atoms with Crippen LogP contribution in [0.4, 0.5) is 10.6 Å². The molecular weight excluding hydrogens is 390 g/mol. The Kier molecular flexibility index (Phi) is 7.43. The van der Waals surface area contributed by atoms with Crippen molar-refractivity contribution in [1.82, 2.24) is 19.6 Å². The maximum atomic E-state index is 12.9. The third kappa shape index (κ3) is 5.72. The number of aromatic nitrogens is 2. The molecule has 0 aliphatic heterocycles. The monoisotopic (exact) mass is 419 g/mol. The molecule has 0 spiro atoms. The standard InChI is InChI=1S/C24H29N5O2/c1-4-5-16-28(24(31)27(2)3)18-23(30)25-22-17-21(19-12-8-6-9-13-19)26-29(22)20-14-10-7-11-15-20/h6-15,17H,4-5,16,18H2,1-3H3,(H,25,30). The highest BCUT2D eigenvalue weighted by Gasteiger charge is 2.20. The Hall–Kier alpha value is -3.61. The van der Waals surface area contributed by atoms with Crippen molar-refractivity contribution in [2.75, 3.05) is 32.5 Å². The van der Waals surface area contributed by atoms with Crippen LogP contribution < -0.4 is 5.32 Å². The van der Waals surface area contributed by atoms with E-state index in [-0.39, 0.29) is 18.5 Å². The number of carbonyl (C=O) groups excluding carboxylic acids is 2. The van der Waals surface area contributed by atoms with Crippen LogP contribution in [0.25, 0.3) is 16.9 Å². The zero-order chi connectivity index (χ0) is 22.2. The molecule has 0 bridgehead atoms. The number of unbranched alkanes of at least 4 members (excludes halogenated alkanes) is 1. The minimum atomic E-state index is -0.261. The van der Waals surface area contributed by atoms with E-state index in [1.165, 1.54) is 4.90 Å². The van der Waals surface area contributed by atoms with E-state index in [0.717, 1.165) is 29.8 Å². The molecule has 0 saturated heterocycles. The number of rotatable bonds is 8. The van der Waals surface area contributed by atoms with Crippen LogP contribution in [0.5, 0.6) is 0 Å². The van der Waals surface area contributed by atoms with Gasteiger partial charge in [-0.1, -0.05) is 61.9 Å². The molecule has 0 saturated carbocycles. The van der Waals surface area contributed by atoms with Crippen molar-refractivity contribution in [3.63, 3.8) is 0 Å². The summed E-state index contributed by atoms with van der Waals surface area (Å²) in [5.41, 5.74) is 2.55. The molecule has 2 aromatic carbocycles. The van der Waals surface area contributed by atoms with Gasteiger partial charge in [0.1, 0.15) is 12.4 Å². The van der Waals surface area contributed by atoms with Crippen molar-refractivity contribution >= 4 is 17.8 Å². The summed E-state index contributed by atoms with van der Waals surface area (Å²) in [5, 5.41) is 7.66. The van der Waals surface area contributed by atoms with E-state index in [9.17, 15) is 9.59 Å². The molecule has 7 heteroatoms. The number of benzene rings is 2. The quantitative estimate of drug-likeness (QED) is 0.593. The van der Waals surface area contributed by atoms with Crippen LogP contribution in [0.15, 0.2) is 66.7 Å². The maximum absolute atomic E-state index is 12.9. The second-order valence-electron chi connectivity index (χ2n) is 7.53. The highest BCUT2D eigenvalue weighted by molar-refractivity contribution is 5.94. The van der Waals surface area contributed by atoms with Crippen LogP contribution in [-0.2, 0) is 4.79 Å². The Labute approximate surface area is 183 Å². The van der Waals surface area contributed by atoms with Crippen LogP contribution in [0.3, 0.4) is 0 Å². The molecule has 3 amide bonds. The summed E-state index contributed by atoms with van der Waals surface area (Å²) in [5.74, 6) is 0.297. The first-order chi connectivity index (χ1) is 15.0. The van der Waals surface area contributed by atoms with Crippen LogP contribution in [0, 0.1) is 0 Å². The zero-order valence-electron chi connectivity index (χ0n) is 18.3. The highest BCUT2D eigenvalue weighted by atomic mass is 16.2. The molecule has 31 heavy (non-hydrogen) atoms. The van der Waals surface area contributed by atoms with Gasteiger partial charge in [-0.3, -0.25) is 4.79 Å². The third-order valence-electron chi connectivity index (χ3n) is 4.82. The van der Waals surface area contributed by atoms with Gasteiger partial charge in [-0.05, 0) is 18.6 Å². The number of hydrogen-bond acceptors (Lipinski definition) is 3. The summed E-state index contributed by atoms with van der Waals surface area (Å²) in [6.45, 7) is 2.58. The fourth-order valence-electron chi connectivity index (χ4n) is 3.22. The van der Waals surface area contributed by atoms with Gasteiger partial charge in [-0.2, -0.15) is 5.10 Å². The number of hydrogen-bond donors (Lipinski definition) is 1. The normalized spacial score (nSPS) is 10.5. The number of carbonyl (C=O) groups is 2. The minimum absolute atomic E-state index is 0.0162. The molecular formula is C24H29N5O2. The Bertz CT molecular complexity index is 999. The molecule has 0 aliphatic rings.